The Morgan fingerprint density at radius 3 is 2.56 bits per heavy atom. The average molecular weight is 543 g/mol. The number of nitrogens with zero attached hydrogens (tertiary/aromatic N) is 2. The normalized spacial score (nSPS) is 13.2. The molecule has 0 atom stereocenters. The van der Waals surface area contributed by atoms with Crippen LogP contribution in [-0.2, 0) is 0 Å². The summed E-state index contributed by atoms with van der Waals surface area (Å²) in [6, 6.07) is 18.9. The zero-order chi connectivity index (χ0) is 27.5. The van der Waals surface area contributed by atoms with Crippen LogP contribution in [0.15, 0.2) is 75.9 Å². The van der Waals surface area contributed by atoms with Crippen molar-refractivity contribution < 1.29 is 14.1 Å². The molecule has 0 radical (unpaired) electrons. The van der Waals surface area contributed by atoms with E-state index in [0.29, 0.717) is 28.1 Å². The fourth-order valence-corrected chi connectivity index (χ4v) is 4.93. The predicted molar refractivity (Wildman–Crippen MR) is 156 cm³/mol. The maximum atomic E-state index is 12.9. The number of aryl methyl sites for hydroxylation is 1. The van der Waals surface area contributed by atoms with Crippen LogP contribution in [-0.4, -0.2) is 29.0 Å². The summed E-state index contributed by atoms with van der Waals surface area (Å²) in [6.07, 6.45) is 3.06. The standard InChI is InChI=1S/C29H26N4O5S/c1-18-9-10-19(22-15-20-7-3-4-8-26(20)38-28(22)35)16-23(18)30-29(39)31-27(34)21-11-12-24(25(17-21)33(36)37)32-13-5-2-6-14-32/h3-4,7-12,15-17H,2,5-6,13-14H2,1H3,(H2,30,31,34,39). The molecule has 0 saturated carbocycles. The van der Waals surface area contributed by atoms with E-state index in [1.807, 2.05) is 36.1 Å². The summed E-state index contributed by atoms with van der Waals surface area (Å²) < 4.78 is 5.46. The van der Waals surface area contributed by atoms with Gasteiger partial charge in [0.2, 0.25) is 0 Å². The molecule has 1 saturated heterocycles. The fraction of sp³-hybridized carbons (Fsp3) is 0.207. The van der Waals surface area contributed by atoms with Crippen molar-refractivity contribution in [2.45, 2.75) is 26.2 Å². The smallest absolute Gasteiger partial charge is 0.344 e. The van der Waals surface area contributed by atoms with Crippen molar-refractivity contribution >= 4 is 51.3 Å². The summed E-state index contributed by atoms with van der Waals surface area (Å²) in [7, 11) is 0. The van der Waals surface area contributed by atoms with Crippen molar-refractivity contribution in [1.29, 1.82) is 0 Å². The highest BCUT2D eigenvalue weighted by atomic mass is 32.1. The zero-order valence-corrected chi connectivity index (χ0v) is 22.0. The molecule has 3 aromatic carbocycles. The van der Waals surface area contributed by atoms with Gasteiger partial charge in [0, 0.05) is 35.8 Å². The van der Waals surface area contributed by atoms with Crippen LogP contribution in [0.1, 0.15) is 35.2 Å². The lowest BCUT2D eigenvalue weighted by Gasteiger charge is -2.28. The molecule has 1 amide bonds. The molecule has 10 heteroatoms. The molecule has 4 aromatic rings. The molecule has 2 N–H and O–H groups in total. The largest absolute Gasteiger partial charge is 0.422 e. The van der Waals surface area contributed by atoms with Crippen molar-refractivity contribution in [3.63, 3.8) is 0 Å². The first-order valence-electron chi connectivity index (χ1n) is 12.6. The first-order chi connectivity index (χ1) is 18.8. The van der Waals surface area contributed by atoms with Gasteiger partial charge in [0.1, 0.15) is 11.3 Å². The van der Waals surface area contributed by atoms with E-state index in [4.69, 9.17) is 16.6 Å². The fourth-order valence-electron chi connectivity index (χ4n) is 4.73. The number of rotatable bonds is 5. The second-order valence-electron chi connectivity index (χ2n) is 9.43. The number of fused-ring (bicyclic) bond motifs is 1. The Kier molecular flexibility index (Phi) is 7.38. The Labute approximate surface area is 229 Å². The molecule has 5 rings (SSSR count). The van der Waals surface area contributed by atoms with E-state index in [9.17, 15) is 19.7 Å². The molecule has 0 aliphatic carbocycles. The quantitative estimate of drug-likeness (QED) is 0.141. The summed E-state index contributed by atoms with van der Waals surface area (Å²) in [4.78, 5) is 38.8. The van der Waals surface area contributed by atoms with Gasteiger partial charge in [-0.25, -0.2) is 4.79 Å². The highest BCUT2D eigenvalue weighted by Crippen LogP contribution is 2.31. The van der Waals surface area contributed by atoms with Gasteiger partial charge < -0.3 is 14.6 Å². The number of amides is 1. The zero-order valence-electron chi connectivity index (χ0n) is 21.2. The summed E-state index contributed by atoms with van der Waals surface area (Å²) >= 11 is 5.37. The lowest BCUT2D eigenvalue weighted by atomic mass is 10.0. The number of piperidine rings is 1. The summed E-state index contributed by atoms with van der Waals surface area (Å²) in [5.41, 5.74) is 3.03. The molecule has 1 aliphatic heterocycles. The van der Waals surface area contributed by atoms with Crippen LogP contribution < -0.4 is 21.2 Å². The van der Waals surface area contributed by atoms with Crippen molar-refractivity contribution in [2.75, 3.05) is 23.3 Å². The molecule has 198 valence electrons. The molecule has 1 aliphatic rings. The number of nitro benzene ring substituents is 1. The molecule has 1 fully saturated rings. The Bertz CT molecular complexity index is 1660. The third-order valence-corrected chi connectivity index (χ3v) is 7.00. The van der Waals surface area contributed by atoms with Gasteiger partial charge in [0.15, 0.2) is 5.11 Å². The van der Waals surface area contributed by atoms with Crippen molar-refractivity contribution in [2.24, 2.45) is 0 Å². The number of hydrogen-bond acceptors (Lipinski definition) is 7. The lowest BCUT2D eigenvalue weighted by molar-refractivity contribution is -0.384. The number of nitrogens with one attached hydrogen (secondary N) is 2. The molecular formula is C29H26N4O5S. The van der Waals surface area contributed by atoms with Gasteiger partial charge in [-0.2, -0.15) is 0 Å². The Balaban J connectivity index is 1.34. The van der Waals surface area contributed by atoms with Gasteiger partial charge >= 0.3 is 5.63 Å². The molecular weight excluding hydrogens is 516 g/mol. The minimum Gasteiger partial charge on any atom is -0.422 e. The van der Waals surface area contributed by atoms with Crippen LogP contribution in [0.4, 0.5) is 17.1 Å². The first kappa shape index (κ1) is 26.1. The van der Waals surface area contributed by atoms with Crippen molar-refractivity contribution in [1.82, 2.24) is 5.32 Å². The number of carbonyl (C=O) groups is 1. The van der Waals surface area contributed by atoms with E-state index in [0.717, 1.165) is 43.3 Å². The second-order valence-corrected chi connectivity index (χ2v) is 9.84. The van der Waals surface area contributed by atoms with E-state index >= 15 is 0 Å². The molecule has 2 heterocycles. The van der Waals surface area contributed by atoms with Gasteiger partial charge in [-0.1, -0.05) is 30.3 Å². The van der Waals surface area contributed by atoms with Gasteiger partial charge in [-0.15, -0.1) is 0 Å². The maximum absolute atomic E-state index is 12.9. The van der Waals surface area contributed by atoms with Crippen LogP contribution >= 0.6 is 12.2 Å². The number of hydrogen-bond donors (Lipinski definition) is 2. The number of para-hydroxylation sites is 1. The number of benzene rings is 3. The highest BCUT2D eigenvalue weighted by molar-refractivity contribution is 7.80. The molecule has 0 spiro atoms. The number of anilines is 2. The lowest BCUT2D eigenvalue weighted by Crippen LogP contribution is -2.34. The minimum atomic E-state index is -0.565. The van der Waals surface area contributed by atoms with Crippen molar-refractivity contribution in [3.05, 3.63) is 98.4 Å². The number of carbonyl (C=O) groups excluding carboxylic acids is 1. The monoisotopic (exact) mass is 542 g/mol. The van der Waals surface area contributed by atoms with Gasteiger partial charge in [0.25, 0.3) is 11.6 Å². The third-order valence-electron chi connectivity index (χ3n) is 6.80. The summed E-state index contributed by atoms with van der Waals surface area (Å²) in [5.74, 6) is -0.565. The van der Waals surface area contributed by atoms with E-state index < -0.39 is 16.5 Å². The van der Waals surface area contributed by atoms with Gasteiger partial charge in [-0.05, 0) is 79.9 Å². The summed E-state index contributed by atoms with van der Waals surface area (Å²) in [6.45, 7) is 3.36. The molecule has 0 bridgehead atoms. The van der Waals surface area contributed by atoms with Crippen LogP contribution in [0, 0.1) is 17.0 Å². The SMILES string of the molecule is Cc1ccc(-c2cc3ccccc3oc2=O)cc1NC(=S)NC(=O)c1ccc(N2CCCCC2)c([N+](=O)[O-])c1. The average Bonchev–Trinajstić information content (AvgIpc) is 2.94. The van der Waals surface area contributed by atoms with Crippen LogP contribution in [0.3, 0.4) is 0 Å². The van der Waals surface area contributed by atoms with E-state index in [1.54, 1.807) is 36.4 Å². The van der Waals surface area contributed by atoms with Crippen LogP contribution in [0.2, 0.25) is 0 Å². The topological polar surface area (TPSA) is 118 Å². The molecule has 9 nitrogen and oxygen atoms in total. The maximum Gasteiger partial charge on any atom is 0.344 e. The number of nitro groups is 1. The molecule has 0 unspecified atom stereocenters. The summed E-state index contributed by atoms with van der Waals surface area (Å²) in [5, 5.41) is 18.2. The minimum absolute atomic E-state index is 0.0218. The second kappa shape index (κ2) is 11.0. The Morgan fingerprint density at radius 1 is 1.03 bits per heavy atom. The van der Waals surface area contributed by atoms with Gasteiger partial charge in [-0.3, -0.25) is 20.2 Å². The van der Waals surface area contributed by atoms with Gasteiger partial charge in [0.05, 0.1) is 10.5 Å². The van der Waals surface area contributed by atoms with E-state index in [2.05, 4.69) is 10.6 Å². The predicted octanol–water partition coefficient (Wildman–Crippen LogP) is 5.79. The Morgan fingerprint density at radius 2 is 1.79 bits per heavy atom. The van der Waals surface area contributed by atoms with Crippen molar-refractivity contribution in [3.8, 4) is 11.1 Å². The molecule has 1 aromatic heterocycles. The first-order valence-corrected chi connectivity index (χ1v) is 13.0. The molecule has 39 heavy (non-hydrogen) atoms. The Hall–Kier alpha value is -4.57. The van der Waals surface area contributed by atoms with E-state index in [1.165, 1.54) is 6.07 Å². The highest BCUT2D eigenvalue weighted by Gasteiger charge is 2.23. The van der Waals surface area contributed by atoms with Crippen LogP contribution in [0.5, 0.6) is 0 Å². The van der Waals surface area contributed by atoms with E-state index in [-0.39, 0.29) is 16.4 Å². The number of thiocarbonyl (C=S) groups is 1. The van der Waals surface area contributed by atoms with Crippen LogP contribution in [0.25, 0.3) is 22.1 Å². The third kappa shape index (κ3) is 5.65.